The second kappa shape index (κ2) is 7.77. The maximum atomic E-state index is 13.0. The minimum atomic E-state index is -3.55. The van der Waals surface area contributed by atoms with Crippen LogP contribution < -0.4 is 0 Å². The summed E-state index contributed by atoms with van der Waals surface area (Å²) in [6.45, 7) is 2.86. The lowest BCUT2D eigenvalue weighted by atomic mass is 10.00. The molecule has 1 aliphatic heterocycles. The van der Waals surface area contributed by atoms with Gasteiger partial charge in [0, 0.05) is 23.1 Å². The predicted molar refractivity (Wildman–Crippen MR) is 109 cm³/mol. The van der Waals surface area contributed by atoms with Crippen molar-refractivity contribution in [2.75, 3.05) is 13.1 Å². The molecule has 1 atom stereocenters. The number of nitrogens with zero attached hydrogens (tertiary/aromatic N) is 3. The first-order valence-corrected chi connectivity index (χ1v) is 11.3. The zero-order valence-corrected chi connectivity index (χ0v) is 17.8. The number of halogens is 1. The lowest BCUT2D eigenvalue weighted by Gasteiger charge is -2.30. The van der Waals surface area contributed by atoms with E-state index in [4.69, 9.17) is 4.52 Å². The third kappa shape index (κ3) is 3.90. The van der Waals surface area contributed by atoms with Gasteiger partial charge in [0.2, 0.25) is 21.7 Å². The molecule has 0 radical (unpaired) electrons. The van der Waals surface area contributed by atoms with Gasteiger partial charge in [-0.15, -0.1) is 0 Å². The molecule has 0 N–H and O–H groups in total. The SMILES string of the molecule is Cc1ccc(-c2noc([C@H]3CCCN(S(=O)(=O)c4ccc(Br)cc4)C3)n2)cc1. The van der Waals surface area contributed by atoms with Gasteiger partial charge in [-0.1, -0.05) is 50.9 Å². The van der Waals surface area contributed by atoms with E-state index in [2.05, 4.69) is 26.1 Å². The Kier molecular flexibility index (Phi) is 5.35. The third-order valence-corrected chi connectivity index (χ3v) is 7.34. The largest absolute Gasteiger partial charge is 0.339 e. The van der Waals surface area contributed by atoms with Crippen molar-refractivity contribution in [3.05, 3.63) is 64.5 Å². The molecule has 2 aromatic carbocycles. The summed E-state index contributed by atoms with van der Waals surface area (Å²) in [5.41, 5.74) is 2.05. The van der Waals surface area contributed by atoms with Crippen LogP contribution in [0.2, 0.25) is 0 Å². The molecule has 0 amide bonds. The molecule has 1 aromatic heterocycles. The second-order valence-electron chi connectivity index (χ2n) is 6.98. The molecule has 146 valence electrons. The van der Waals surface area contributed by atoms with Gasteiger partial charge in [-0.25, -0.2) is 8.42 Å². The van der Waals surface area contributed by atoms with E-state index in [1.165, 1.54) is 4.31 Å². The van der Waals surface area contributed by atoms with E-state index in [9.17, 15) is 8.42 Å². The highest BCUT2D eigenvalue weighted by atomic mass is 79.9. The van der Waals surface area contributed by atoms with Crippen LogP contribution in [0.25, 0.3) is 11.4 Å². The van der Waals surface area contributed by atoms with Crippen molar-refractivity contribution in [3.63, 3.8) is 0 Å². The first-order valence-electron chi connectivity index (χ1n) is 9.10. The van der Waals surface area contributed by atoms with Gasteiger partial charge in [-0.05, 0) is 44.0 Å². The van der Waals surface area contributed by atoms with Gasteiger partial charge < -0.3 is 4.52 Å². The Hall–Kier alpha value is -2.03. The average Bonchev–Trinajstić information content (AvgIpc) is 3.19. The summed E-state index contributed by atoms with van der Waals surface area (Å²) in [7, 11) is -3.55. The lowest BCUT2D eigenvalue weighted by molar-refractivity contribution is 0.265. The van der Waals surface area contributed by atoms with E-state index in [1.807, 2.05) is 31.2 Å². The first-order chi connectivity index (χ1) is 13.4. The Balaban J connectivity index is 1.54. The molecule has 4 rings (SSSR count). The molecule has 0 unspecified atom stereocenters. The van der Waals surface area contributed by atoms with Crippen LogP contribution >= 0.6 is 15.9 Å². The Labute approximate surface area is 172 Å². The van der Waals surface area contributed by atoms with Gasteiger partial charge >= 0.3 is 0 Å². The number of hydrogen-bond donors (Lipinski definition) is 0. The summed E-state index contributed by atoms with van der Waals surface area (Å²) in [5.74, 6) is 0.917. The molecule has 0 bridgehead atoms. The predicted octanol–water partition coefficient (Wildman–Crippen LogP) is 4.38. The van der Waals surface area contributed by atoms with Crippen molar-refractivity contribution in [1.29, 1.82) is 0 Å². The fourth-order valence-electron chi connectivity index (χ4n) is 3.34. The van der Waals surface area contributed by atoms with Gasteiger partial charge in [0.15, 0.2) is 0 Å². The maximum absolute atomic E-state index is 13.0. The highest BCUT2D eigenvalue weighted by molar-refractivity contribution is 9.10. The number of aryl methyl sites for hydroxylation is 1. The number of sulfonamides is 1. The molecule has 0 aliphatic carbocycles. The average molecular weight is 462 g/mol. The van der Waals surface area contributed by atoms with Crippen molar-refractivity contribution < 1.29 is 12.9 Å². The monoisotopic (exact) mass is 461 g/mol. The molecule has 3 aromatic rings. The van der Waals surface area contributed by atoms with Crippen molar-refractivity contribution >= 4 is 26.0 Å². The maximum Gasteiger partial charge on any atom is 0.243 e. The Bertz CT molecular complexity index is 1060. The molecular weight excluding hydrogens is 442 g/mol. The lowest BCUT2D eigenvalue weighted by Crippen LogP contribution is -2.39. The zero-order chi connectivity index (χ0) is 19.7. The van der Waals surface area contributed by atoms with Crippen LogP contribution in [-0.2, 0) is 10.0 Å². The van der Waals surface area contributed by atoms with Crippen LogP contribution in [0, 0.1) is 6.92 Å². The summed E-state index contributed by atoms with van der Waals surface area (Å²) in [6.07, 6.45) is 1.57. The fourth-order valence-corrected chi connectivity index (χ4v) is 5.13. The van der Waals surface area contributed by atoms with Gasteiger partial charge in [-0.2, -0.15) is 9.29 Å². The van der Waals surface area contributed by atoms with E-state index in [-0.39, 0.29) is 5.92 Å². The molecule has 8 heteroatoms. The van der Waals surface area contributed by atoms with Crippen LogP contribution in [-0.4, -0.2) is 36.0 Å². The van der Waals surface area contributed by atoms with Crippen LogP contribution in [0.15, 0.2) is 62.4 Å². The summed E-state index contributed by atoms with van der Waals surface area (Å²) in [5, 5.41) is 4.09. The third-order valence-electron chi connectivity index (χ3n) is 4.94. The smallest absolute Gasteiger partial charge is 0.243 e. The minimum absolute atomic E-state index is 0.106. The fraction of sp³-hybridized carbons (Fsp3) is 0.300. The molecule has 2 heterocycles. The van der Waals surface area contributed by atoms with Gasteiger partial charge in [0.25, 0.3) is 0 Å². The zero-order valence-electron chi connectivity index (χ0n) is 15.4. The number of rotatable bonds is 4. The van der Waals surface area contributed by atoms with E-state index in [1.54, 1.807) is 24.3 Å². The molecule has 28 heavy (non-hydrogen) atoms. The Morgan fingerprint density at radius 1 is 1.11 bits per heavy atom. The van der Waals surface area contributed by atoms with Gasteiger partial charge in [0.1, 0.15) is 0 Å². The van der Waals surface area contributed by atoms with E-state index >= 15 is 0 Å². The molecule has 1 saturated heterocycles. The molecule has 0 spiro atoms. The molecule has 1 aliphatic rings. The standard InChI is InChI=1S/C20H20BrN3O3S/c1-14-4-6-15(7-5-14)19-22-20(27-23-19)16-3-2-12-24(13-16)28(25,26)18-10-8-17(21)9-11-18/h4-11,16H,2-3,12-13H2,1H3/t16-/m0/s1. The molecule has 0 saturated carbocycles. The minimum Gasteiger partial charge on any atom is -0.339 e. The molecular formula is C20H20BrN3O3S. The van der Waals surface area contributed by atoms with Crippen LogP contribution in [0.3, 0.4) is 0 Å². The molecule has 1 fully saturated rings. The van der Waals surface area contributed by atoms with E-state index in [0.29, 0.717) is 29.7 Å². The number of hydrogen-bond acceptors (Lipinski definition) is 5. The topological polar surface area (TPSA) is 76.3 Å². The molecule has 6 nitrogen and oxygen atoms in total. The normalized spacial score (nSPS) is 18.3. The van der Waals surface area contributed by atoms with E-state index in [0.717, 1.165) is 28.4 Å². The van der Waals surface area contributed by atoms with Gasteiger partial charge in [0.05, 0.1) is 10.8 Å². The van der Waals surface area contributed by atoms with Gasteiger partial charge in [-0.3, -0.25) is 0 Å². The van der Waals surface area contributed by atoms with Crippen LogP contribution in [0.4, 0.5) is 0 Å². The first kappa shape index (κ1) is 19.3. The Morgan fingerprint density at radius 2 is 1.82 bits per heavy atom. The van der Waals surface area contributed by atoms with Crippen molar-refractivity contribution in [3.8, 4) is 11.4 Å². The van der Waals surface area contributed by atoms with E-state index < -0.39 is 10.0 Å². The number of benzene rings is 2. The summed E-state index contributed by atoms with van der Waals surface area (Å²) in [4.78, 5) is 4.82. The number of aromatic nitrogens is 2. The number of piperidine rings is 1. The summed E-state index contributed by atoms with van der Waals surface area (Å²) in [6, 6.07) is 14.6. The second-order valence-corrected chi connectivity index (χ2v) is 9.83. The summed E-state index contributed by atoms with van der Waals surface area (Å²) >= 11 is 3.34. The highest BCUT2D eigenvalue weighted by Gasteiger charge is 2.33. The van der Waals surface area contributed by atoms with Crippen molar-refractivity contribution in [2.24, 2.45) is 0 Å². The van der Waals surface area contributed by atoms with Crippen LogP contribution in [0.5, 0.6) is 0 Å². The Morgan fingerprint density at radius 3 is 2.54 bits per heavy atom. The highest BCUT2D eigenvalue weighted by Crippen LogP contribution is 2.31. The quantitative estimate of drug-likeness (QED) is 0.576. The van der Waals surface area contributed by atoms with Crippen LogP contribution in [0.1, 0.15) is 30.2 Å². The van der Waals surface area contributed by atoms with Crippen molar-refractivity contribution in [2.45, 2.75) is 30.6 Å². The summed E-state index contributed by atoms with van der Waals surface area (Å²) < 4.78 is 33.8. The van der Waals surface area contributed by atoms with Crippen molar-refractivity contribution in [1.82, 2.24) is 14.4 Å².